The van der Waals surface area contributed by atoms with Crippen LogP contribution in [0, 0.1) is 11.3 Å². The fourth-order valence-electron chi connectivity index (χ4n) is 1.03. The van der Waals surface area contributed by atoms with E-state index in [1.54, 1.807) is 11.0 Å². The minimum Gasteiger partial charge on any atom is -0.434 e. The Morgan fingerprint density at radius 2 is 2.25 bits per heavy atom. The van der Waals surface area contributed by atoms with Gasteiger partial charge in [0.25, 0.3) is 0 Å². The van der Waals surface area contributed by atoms with E-state index in [2.05, 4.69) is 10.1 Å². The van der Waals surface area contributed by atoms with Crippen molar-refractivity contribution in [3.05, 3.63) is 0 Å². The van der Waals surface area contributed by atoms with Crippen LogP contribution in [0.2, 0.25) is 0 Å². The number of nitriles is 1. The standard InChI is InChI=1S/C7H11N3O2/c8-1-6-12-7(11)10-4-2-9-3-5-10/h9H,2-6H2. The van der Waals surface area contributed by atoms with Gasteiger partial charge in [-0.25, -0.2) is 4.79 Å². The maximum absolute atomic E-state index is 11.1. The monoisotopic (exact) mass is 169 g/mol. The summed E-state index contributed by atoms with van der Waals surface area (Å²) in [5.41, 5.74) is 0. The van der Waals surface area contributed by atoms with Gasteiger partial charge in [-0.1, -0.05) is 0 Å². The third kappa shape index (κ3) is 2.40. The molecule has 1 saturated heterocycles. The van der Waals surface area contributed by atoms with Crippen molar-refractivity contribution in [2.75, 3.05) is 32.8 Å². The molecule has 0 radical (unpaired) electrons. The van der Waals surface area contributed by atoms with Gasteiger partial charge in [-0.15, -0.1) is 0 Å². The fraction of sp³-hybridized carbons (Fsp3) is 0.714. The fourth-order valence-corrected chi connectivity index (χ4v) is 1.03. The van der Waals surface area contributed by atoms with Gasteiger partial charge in [-0.3, -0.25) is 0 Å². The maximum Gasteiger partial charge on any atom is 0.410 e. The Hall–Kier alpha value is -1.28. The second-order valence-corrected chi connectivity index (χ2v) is 2.45. The summed E-state index contributed by atoms with van der Waals surface area (Å²) in [6.45, 7) is 2.74. The SMILES string of the molecule is N#CCOC(=O)N1CCNCC1. The second-order valence-electron chi connectivity index (χ2n) is 2.45. The van der Waals surface area contributed by atoms with Gasteiger partial charge in [0, 0.05) is 26.2 Å². The van der Waals surface area contributed by atoms with Crippen LogP contribution in [-0.2, 0) is 4.74 Å². The normalized spacial score (nSPS) is 16.8. The maximum atomic E-state index is 11.1. The molecule has 0 spiro atoms. The van der Waals surface area contributed by atoms with Crippen LogP contribution < -0.4 is 5.32 Å². The van der Waals surface area contributed by atoms with E-state index in [1.165, 1.54) is 0 Å². The van der Waals surface area contributed by atoms with Gasteiger partial charge < -0.3 is 15.0 Å². The topological polar surface area (TPSA) is 65.4 Å². The molecular formula is C7H11N3O2. The van der Waals surface area contributed by atoms with Gasteiger partial charge in [-0.2, -0.15) is 5.26 Å². The summed E-state index contributed by atoms with van der Waals surface area (Å²) in [6.07, 6.45) is -0.391. The van der Waals surface area contributed by atoms with E-state index in [4.69, 9.17) is 5.26 Å². The van der Waals surface area contributed by atoms with Crippen LogP contribution in [0.4, 0.5) is 4.79 Å². The highest BCUT2D eigenvalue weighted by atomic mass is 16.6. The number of hydrogen-bond acceptors (Lipinski definition) is 4. The first-order valence-corrected chi connectivity index (χ1v) is 3.84. The number of nitrogens with one attached hydrogen (secondary N) is 1. The first-order valence-electron chi connectivity index (χ1n) is 3.84. The van der Waals surface area contributed by atoms with Crippen LogP contribution >= 0.6 is 0 Å². The largest absolute Gasteiger partial charge is 0.434 e. The minimum absolute atomic E-state index is 0.164. The zero-order chi connectivity index (χ0) is 8.81. The van der Waals surface area contributed by atoms with Crippen LogP contribution in [0.5, 0.6) is 0 Å². The Morgan fingerprint density at radius 3 is 2.83 bits per heavy atom. The molecule has 1 aliphatic heterocycles. The highest BCUT2D eigenvalue weighted by Gasteiger charge is 2.16. The Bertz CT molecular complexity index is 193. The third-order valence-electron chi connectivity index (χ3n) is 1.64. The lowest BCUT2D eigenvalue weighted by Crippen LogP contribution is -2.46. The van der Waals surface area contributed by atoms with Crippen molar-refractivity contribution < 1.29 is 9.53 Å². The number of ether oxygens (including phenoxy) is 1. The van der Waals surface area contributed by atoms with Crippen molar-refractivity contribution in [3.8, 4) is 6.07 Å². The molecule has 5 heteroatoms. The molecule has 0 aromatic carbocycles. The Balaban J connectivity index is 2.26. The van der Waals surface area contributed by atoms with E-state index >= 15 is 0 Å². The lowest BCUT2D eigenvalue weighted by molar-refractivity contribution is 0.108. The van der Waals surface area contributed by atoms with Crippen molar-refractivity contribution in [1.82, 2.24) is 10.2 Å². The van der Waals surface area contributed by atoms with Crippen LogP contribution in [0.3, 0.4) is 0 Å². The van der Waals surface area contributed by atoms with E-state index in [0.29, 0.717) is 13.1 Å². The third-order valence-corrected chi connectivity index (χ3v) is 1.64. The lowest BCUT2D eigenvalue weighted by atomic mass is 10.4. The van der Waals surface area contributed by atoms with E-state index in [1.807, 2.05) is 0 Å². The lowest BCUT2D eigenvalue weighted by Gasteiger charge is -2.25. The first kappa shape index (κ1) is 8.81. The van der Waals surface area contributed by atoms with Gasteiger partial charge in [0.15, 0.2) is 6.61 Å². The van der Waals surface area contributed by atoms with Crippen LogP contribution in [-0.4, -0.2) is 43.8 Å². The molecule has 1 N–H and O–H groups in total. The highest BCUT2D eigenvalue weighted by molar-refractivity contribution is 5.67. The first-order chi connectivity index (χ1) is 5.84. The molecule has 0 unspecified atom stereocenters. The van der Waals surface area contributed by atoms with Crippen molar-refractivity contribution in [2.24, 2.45) is 0 Å². The summed E-state index contributed by atoms with van der Waals surface area (Å²) in [5.74, 6) is 0. The van der Waals surface area contributed by atoms with Crippen molar-refractivity contribution in [1.29, 1.82) is 5.26 Å². The molecule has 0 aromatic rings. The second kappa shape index (κ2) is 4.57. The van der Waals surface area contributed by atoms with Crippen molar-refractivity contribution in [3.63, 3.8) is 0 Å². The molecule has 0 saturated carbocycles. The summed E-state index contributed by atoms with van der Waals surface area (Å²) in [7, 11) is 0. The summed E-state index contributed by atoms with van der Waals surface area (Å²) in [4.78, 5) is 12.7. The summed E-state index contributed by atoms with van der Waals surface area (Å²) in [5, 5.41) is 11.3. The molecule has 1 aliphatic rings. The molecule has 66 valence electrons. The smallest absolute Gasteiger partial charge is 0.410 e. The number of piperazine rings is 1. The Kier molecular flexibility index (Phi) is 3.35. The molecule has 5 nitrogen and oxygen atoms in total. The molecule has 0 atom stereocenters. The van der Waals surface area contributed by atoms with E-state index in [9.17, 15) is 4.79 Å². The molecule has 0 aromatic heterocycles. The van der Waals surface area contributed by atoms with Crippen molar-refractivity contribution in [2.45, 2.75) is 0 Å². The molecule has 12 heavy (non-hydrogen) atoms. The summed E-state index contributed by atoms with van der Waals surface area (Å²) >= 11 is 0. The van der Waals surface area contributed by atoms with Gasteiger partial charge in [-0.05, 0) is 0 Å². The molecule has 1 amide bonds. The van der Waals surface area contributed by atoms with E-state index < -0.39 is 6.09 Å². The summed E-state index contributed by atoms with van der Waals surface area (Å²) in [6, 6.07) is 1.75. The average Bonchev–Trinajstić information content (AvgIpc) is 2.15. The van der Waals surface area contributed by atoms with Crippen LogP contribution in [0.25, 0.3) is 0 Å². The number of carbonyl (C=O) groups excluding carboxylic acids is 1. The minimum atomic E-state index is -0.391. The zero-order valence-corrected chi connectivity index (χ0v) is 6.75. The van der Waals surface area contributed by atoms with Crippen LogP contribution in [0.1, 0.15) is 0 Å². The Morgan fingerprint density at radius 1 is 1.58 bits per heavy atom. The number of amides is 1. The molecule has 1 rings (SSSR count). The number of rotatable bonds is 1. The molecule has 0 bridgehead atoms. The summed E-state index contributed by atoms with van der Waals surface area (Å²) < 4.78 is 4.63. The van der Waals surface area contributed by atoms with Gasteiger partial charge >= 0.3 is 6.09 Å². The molecule has 1 fully saturated rings. The molecule has 1 heterocycles. The predicted molar refractivity (Wildman–Crippen MR) is 41.4 cm³/mol. The van der Waals surface area contributed by atoms with Crippen molar-refractivity contribution >= 4 is 6.09 Å². The number of nitrogens with zero attached hydrogens (tertiary/aromatic N) is 2. The molecule has 0 aliphatic carbocycles. The number of carbonyl (C=O) groups is 1. The van der Waals surface area contributed by atoms with Gasteiger partial charge in [0.1, 0.15) is 6.07 Å². The molecular weight excluding hydrogens is 158 g/mol. The van der Waals surface area contributed by atoms with E-state index in [-0.39, 0.29) is 6.61 Å². The van der Waals surface area contributed by atoms with Crippen LogP contribution in [0.15, 0.2) is 0 Å². The Labute approximate surface area is 70.9 Å². The highest BCUT2D eigenvalue weighted by Crippen LogP contribution is 1.95. The van der Waals surface area contributed by atoms with E-state index in [0.717, 1.165) is 13.1 Å². The predicted octanol–water partition coefficient (Wildman–Crippen LogP) is -0.448. The quantitative estimate of drug-likeness (QED) is 0.577. The van der Waals surface area contributed by atoms with Gasteiger partial charge in [0.05, 0.1) is 0 Å². The van der Waals surface area contributed by atoms with Gasteiger partial charge in [0.2, 0.25) is 0 Å². The number of hydrogen-bond donors (Lipinski definition) is 1. The average molecular weight is 169 g/mol. The zero-order valence-electron chi connectivity index (χ0n) is 6.75.